The van der Waals surface area contributed by atoms with E-state index < -0.39 is 40.5 Å². The number of pyridine rings is 1. The topological polar surface area (TPSA) is 221 Å². The zero-order valence-corrected chi connectivity index (χ0v) is 27.2. The SMILES string of the molecule is Cc1c[nH]c(CC[N+]2(CC3=C(C(=O)[O-])N4C(=O)C(CC(=O)/C(=N\OC(C)(C)C(=O)O)c5nsc(N)n5)C4SC3)CCCC2)cc1=O. The molecule has 17 heteroatoms. The number of carboxylic acids is 2. The van der Waals surface area contributed by atoms with Gasteiger partial charge in [0.15, 0.2) is 22.1 Å². The molecular weight excluding hydrogens is 638 g/mol. The number of hydrogen-bond donors (Lipinski definition) is 3. The lowest BCUT2D eigenvalue weighted by atomic mass is 9.89. The summed E-state index contributed by atoms with van der Waals surface area (Å²) in [5, 5.41) is 25.0. The quantitative estimate of drug-likeness (QED) is 0.111. The number of quaternary nitrogens is 1. The molecule has 0 aromatic carbocycles. The number of aromatic amines is 1. The number of carbonyl (C=O) groups excluding carboxylic acids is 3. The number of aryl methyl sites for hydroxylation is 1. The fourth-order valence-corrected chi connectivity index (χ4v) is 7.77. The second-order valence-electron chi connectivity index (χ2n) is 12.3. The lowest BCUT2D eigenvalue weighted by Crippen LogP contribution is -2.64. The van der Waals surface area contributed by atoms with Crippen LogP contribution in [0.2, 0.25) is 0 Å². The predicted molar refractivity (Wildman–Crippen MR) is 166 cm³/mol. The van der Waals surface area contributed by atoms with E-state index in [2.05, 4.69) is 19.5 Å². The normalized spacial score (nSPS) is 21.2. The van der Waals surface area contributed by atoms with Crippen molar-refractivity contribution in [3.63, 3.8) is 0 Å². The van der Waals surface area contributed by atoms with Gasteiger partial charge in [-0.2, -0.15) is 9.36 Å². The molecule has 15 nitrogen and oxygen atoms in total. The summed E-state index contributed by atoms with van der Waals surface area (Å²) in [6, 6.07) is 1.60. The number of oxime groups is 1. The van der Waals surface area contributed by atoms with Crippen LogP contribution in [0.5, 0.6) is 0 Å². The minimum Gasteiger partial charge on any atom is -0.543 e. The summed E-state index contributed by atoms with van der Waals surface area (Å²) in [6.07, 6.45) is 3.92. The Labute approximate surface area is 272 Å². The summed E-state index contributed by atoms with van der Waals surface area (Å²) in [5.41, 5.74) is 5.38. The number of anilines is 1. The molecule has 2 unspecified atom stereocenters. The Bertz CT molecular complexity index is 1690. The number of carbonyl (C=O) groups is 4. The fraction of sp³-hybridized carbons (Fsp3) is 0.517. The standard InChI is InChI=1S/C29H35N7O8S2/c1-15-12-31-17(10-19(15)37)6-9-36(7-4-5-8-36)13-16-14-45-25-18(24(39)35(25)22(16)26(40)41)11-20(38)21(23-32-28(30)46-34-23)33-44-29(2,3)27(42)43/h10,12,18,25H,4-9,11,13-14H2,1-3H3,(H4-,30,31,32,34,37,40,41,42,43)/b33-21+. The van der Waals surface area contributed by atoms with Crippen LogP contribution >= 0.6 is 23.3 Å². The third-order valence-corrected chi connectivity index (χ3v) is 10.6. The predicted octanol–water partition coefficient (Wildman–Crippen LogP) is 0.0487. The molecule has 3 aliphatic heterocycles. The van der Waals surface area contributed by atoms with Crippen molar-refractivity contribution in [3.8, 4) is 0 Å². The highest BCUT2D eigenvalue weighted by molar-refractivity contribution is 8.00. The number of fused-ring (bicyclic) bond motifs is 1. The Morgan fingerprint density at radius 1 is 1.28 bits per heavy atom. The number of nitrogen functional groups attached to an aromatic ring is 1. The minimum atomic E-state index is -1.77. The first-order chi connectivity index (χ1) is 21.7. The molecule has 0 aliphatic carbocycles. The Hall–Kier alpha value is -4.09. The maximum absolute atomic E-state index is 13.4. The fourth-order valence-electron chi connectivity index (χ4n) is 5.93. The Morgan fingerprint density at radius 3 is 2.61 bits per heavy atom. The molecule has 4 N–H and O–H groups in total. The van der Waals surface area contributed by atoms with Gasteiger partial charge in [-0.15, -0.1) is 11.8 Å². The highest BCUT2D eigenvalue weighted by Crippen LogP contribution is 2.45. The molecule has 0 spiro atoms. The number of aliphatic carboxylic acids is 2. The van der Waals surface area contributed by atoms with E-state index in [4.69, 9.17) is 10.6 Å². The number of nitrogens with two attached hydrogens (primary N) is 1. The van der Waals surface area contributed by atoms with Crippen LogP contribution in [-0.2, 0) is 30.4 Å². The van der Waals surface area contributed by atoms with Gasteiger partial charge in [0, 0.05) is 72.1 Å². The molecule has 0 saturated carbocycles. The number of nitrogens with one attached hydrogen (secondary N) is 1. The van der Waals surface area contributed by atoms with E-state index in [0.717, 1.165) is 43.2 Å². The Kier molecular flexibility index (Phi) is 9.38. The van der Waals surface area contributed by atoms with Gasteiger partial charge in [0.1, 0.15) is 6.54 Å². The monoisotopic (exact) mass is 673 g/mol. The van der Waals surface area contributed by atoms with Crippen molar-refractivity contribution in [3.05, 3.63) is 50.8 Å². The van der Waals surface area contributed by atoms with E-state index in [1.165, 1.54) is 30.5 Å². The molecule has 2 aromatic rings. The van der Waals surface area contributed by atoms with E-state index >= 15 is 0 Å². The van der Waals surface area contributed by atoms with Crippen LogP contribution < -0.4 is 16.3 Å². The van der Waals surface area contributed by atoms with Crippen LogP contribution in [0, 0.1) is 12.8 Å². The van der Waals surface area contributed by atoms with Gasteiger partial charge in [0.2, 0.25) is 17.3 Å². The van der Waals surface area contributed by atoms with Crippen molar-refractivity contribution in [2.75, 3.05) is 37.7 Å². The zero-order chi connectivity index (χ0) is 33.4. The summed E-state index contributed by atoms with van der Waals surface area (Å²) >= 11 is 2.18. The third-order valence-electron chi connectivity index (χ3n) is 8.62. The number of hydrogen-bond acceptors (Lipinski definition) is 13. The number of ketones is 1. The van der Waals surface area contributed by atoms with Crippen molar-refractivity contribution in [2.45, 2.75) is 57.4 Å². The summed E-state index contributed by atoms with van der Waals surface area (Å²) in [7, 11) is 0. The average molecular weight is 674 g/mol. The van der Waals surface area contributed by atoms with Crippen LogP contribution in [0.1, 0.15) is 50.2 Å². The summed E-state index contributed by atoms with van der Waals surface area (Å²) in [4.78, 5) is 76.5. The van der Waals surface area contributed by atoms with Gasteiger partial charge in [0.25, 0.3) is 0 Å². The third kappa shape index (κ3) is 6.71. The Morgan fingerprint density at radius 2 is 2.00 bits per heavy atom. The minimum absolute atomic E-state index is 0.0373. The number of amides is 1. The maximum Gasteiger partial charge on any atom is 0.350 e. The number of likely N-dealkylation sites (tertiary alicyclic amines) is 1. The largest absolute Gasteiger partial charge is 0.543 e. The van der Waals surface area contributed by atoms with Crippen molar-refractivity contribution in [1.29, 1.82) is 0 Å². The van der Waals surface area contributed by atoms with Crippen molar-refractivity contribution in [1.82, 2.24) is 19.2 Å². The average Bonchev–Trinajstić information content (AvgIpc) is 3.65. The van der Waals surface area contributed by atoms with Gasteiger partial charge in [-0.3, -0.25) is 19.3 Å². The van der Waals surface area contributed by atoms with Crippen molar-refractivity contribution < 1.29 is 38.7 Å². The highest BCUT2D eigenvalue weighted by atomic mass is 32.2. The highest BCUT2D eigenvalue weighted by Gasteiger charge is 2.53. The zero-order valence-electron chi connectivity index (χ0n) is 25.6. The lowest BCUT2D eigenvalue weighted by Gasteiger charge is -2.51. The van der Waals surface area contributed by atoms with Crippen LogP contribution in [-0.4, -0.2) is 101 Å². The smallest absolute Gasteiger partial charge is 0.350 e. The number of nitrogens with zero attached hydrogens (tertiary/aromatic N) is 5. The second-order valence-corrected chi connectivity index (χ2v) is 14.2. The molecule has 3 aliphatic rings. The van der Waals surface area contributed by atoms with E-state index in [9.17, 15) is 34.2 Å². The number of carboxylic acid groups (broad SMARTS) is 2. The maximum atomic E-state index is 13.4. The van der Waals surface area contributed by atoms with Crippen molar-refractivity contribution in [2.24, 2.45) is 11.1 Å². The summed E-state index contributed by atoms with van der Waals surface area (Å²) in [6.45, 7) is 7.05. The number of H-pyrrole nitrogens is 1. The number of aromatic nitrogens is 3. The van der Waals surface area contributed by atoms with Gasteiger partial charge in [-0.25, -0.2) is 4.79 Å². The molecule has 5 heterocycles. The van der Waals surface area contributed by atoms with Crippen LogP contribution in [0.4, 0.5) is 5.13 Å². The van der Waals surface area contributed by atoms with Gasteiger partial charge >= 0.3 is 5.97 Å². The molecular formula is C29H35N7O8S2. The van der Waals surface area contributed by atoms with E-state index in [1.807, 2.05) is 0 Å². The summed E-state index contributed by atoms with van der Waals surface area (Å²) in [5.74, 6) is -4.69. The van der Waals surface area contributed by atoms with Gasteiger partial charge in [-0.1, -0.05) is 5.16 Å². The van der Waals surface area contributed by atoms with Gasteiger partial charge < -0.3 is 35.0 Å². The molecule has 2 atom stereocenters. The van der Waals surface area contributed by atoms with E-state index in [-0.39, 0.29) is 34.2 Å². The van der Waals surface area contributed by atoms with Gasteiger partial charge in [-0.05, 0) is 20.8 Å². The van der Waals surface area contributed by atoms with Gasteiger partial charge in [0.05, 0.1) is 42.6 Å². The molecule has 46 heavy (non-hydrogen) atoms. The molecule has 0 radical (unpaired) electrons. The molecule has 5 rings (SSSR count). The molecule has 2 saturated heterocycles. The number of rotatable bonds is 13. The molecule has 246 valence electrons. The van der Waals surface area contributed by atoms with E-state index in [1.54, 1.807) is 19.2 Å². The lowest BCUT2D eigenvalue weighted by molar-refractivity contribution is -0.912. The number of Topliss-reactive ketones (excluding diaryl/α,β-unsaturated/α-hetero) is 1. The van der Waals surface area contributed by atoms with Crippen molar-refractivity contribution >= 4 is 57.8 Å². The van der Waals surface area contributed by atoms with Crippen LogP contribution in [0.15, 0.2) is 33.5 Å². The first-order valence-electron chi connectivity index (χ1n) is 14.7. The molecule has 1 amide bonds. The first kappa shape index (κ1) is 33.3. The second kappa shape index (κ2) is 13.0. The van der Waals surface area contributed by atoms with E-state index in [0.29, 0.717) is 40.9 Å². The van der Waals surface area contributed by atoms with Crippen LogP contribution in [0.3, 0.4) is 0 Å². The summed E-state index contributed by atoms with van der Waals surface area (Å²) < 4.78 is 4.62. The molecule has 2 fully saturated rings. The molecule has 2 aromatic heterocycles. The number of thioether (sulfide) groups is 1. The van der Waals surface area contributed by atoms with Crippen LogP contribution in [0.25, 0.3) is 0 Å². The molecule has 0 bridgehead atoms. The Balaban J connectivity index is 1.33. The first-order valence-corrected chi connectivity index (χ1v) is 16.6. The number of β-lactam (4-membered cyclic amide) rings is 1.